The number of carbonyl (C=O) groups excluding carboxylic acids is 11. The van der Waals surface area contributed by atoms with Crippen molar-refractivity contribution in [1.82, 2.24) is 9.80 Å². The summed E-state index contributed by atoms with van der Waals surface area (Å²) in [4.78, 5) is 148. The lowest BCUT2D eigenvalue weighted by atomic mass is 9.93. The van der Waals surface area contributed by atoms with Crippen LogP contribution in [0.2, 0.25) is 0 Å². The standard InChI is InChI=1S/C53H62N2O26/c1-24(57)71-22-35-42(73-26(3)59)44(75-28(5)61)38(54-47(65)30-15-10-11-16-31(30)48(54)66)51(78-35)80-41-34(21-56)77-53(70-20-14-8-9-19-37(63)69-7)40(64)46(41)81-52-39(55-49(67)32-17-12-13-18-33(32)50(55)68)45(76-29(6)62)43(74-27(4)60)36(79-52)23-72-25(2)58/h10-13,15-18,34-36,38-46,51-53,56,64H,8-9,14,19-23H2,1-7H3/t34-,35-,36-,38-,39-,40-,41+,42-,43-,44-,45-,46-,51+,52+,53-/m1/s1. The summed E-state index contributed by atoms with van der Waals surface area (Å²) in [5.74, 6) is -10.2. The number of aliphatic hydroxyl groups is 2. The third-order valence-electron chi connectivity index (χ3n) is 13.5. The fourth-order valence-electron chi connectivity index (χ4n) is 10.2. The fourth-order valence-corrected chi connectivity index (χ4v) is 10.2. The van der Waals surface area contributed by atoms with E-state index in [2.05, 4.69) is 0 Å². The molecule has 4 amide bonds. The van der Waals surface area contributed by atoms with Crippen molar-refractivity contribution in [3.05, 3.63) is 70.8 Å². The molecule has 440 valence electrons. The Morgan fingerprint density at radius 2 is 0.877 bits per heavy atom. The van der Waals surface area contributed by atoms with Crippen LogP contribution in [-0.2, 0) is 95.1 Å². The summed E-state index contributed by atoms with van der Waals surface area (Å²) in [6.45, 7) is 3.24. The van der Waals surface area contributed by atoms with Crippen LogP contribution in [-0.4, -0.2) is 211 Å². The van der Waals surface area contributed by atoms with Gasteiger partial charge in [-0.3, -0.25) is 62.5 Å². The van der Waals surface area contributed by atoms with Crippen molar-refractivity contribution in [3.8, 4) is 0 Å². The van der Waals surface area contributed by atoms with E-state index >= 15 is 0 Å². The first kappa shape index (κ1) is 61.3. The van der Waals surface area contributed by atoms with E-state index in [0.29, 0.717) is 22.6 Å². The van der Waals surface area contributed by atoms with Gasteiger partial charge in [-0.05, 0) is 37.1 Å². The zero-order valence-corrected chi connectivity index (χ0v) is 45.0. The SMILES string of the molecule is COC(=O)CCCCCO[C@@H]1O[C@H](CO)[C@H](O[C@@H]2O[C@H](COC(C)=O)[C@@H](OC(C)=O)[C@H](OC(C)=O)[C@H]2N2C(=O)c3ccccc3C2=O)[C@H](O[C@@H]2O[C@H](COC(C)=O)[C@@H](OC(C)=O)[C@H](OC(C)=O)[C@H]2N2C(=O)c3ccccc3C2=O)[C@H]1O. The van der Waals surface area contributed by atoms with Crippen molar-refractivity contribution >= 4 is 65.4 Å². The van der Waals surface area contributed by atoms with Crippen molar-refractivity contribution in [3.63, 3.8) is 0 Å². The van der Waals surface area contributed by atoms with Crippen molar-refractivity contribution in [2.45, 2.75) is 159 Å². The van der Waals surface area contributed by atoms with Crippen LogP contribution in [0.5, 0.6) is 0 Å². The van der Waals surface area contributed by atoms with Gasteiger partial charge in [0.2, 0.25) is 0 Å². The number of amides is 4. The van der Waals surface area contributed by atoms with Gasteiger partial charge in [-0.2, -0.15) is 0 Å². The van der Waals surface area contributed by atoms with Crippen LogP contribution >= 0.6 is 0 Å². The lowest BCUT2D eigenvalue weighted by Crippen LogP contribution is -2.71. The van der Waals surface area contributed by atoms with E-state index in [-0.39, 0.29) is 41.7 Å². The van der Waals surface area contributed by atoms with E-state index < -0.39 is 177 Å². The van der Waals surface area contributed by atoms with Crippen LogP contribution in [0.15, 0.2) is 48.5 Å². The number of benzene rings is 2. The summed E-state index contributed by atoms with van der Waals surface area (Å²) >= 11 is 0. The Kier molecular flexibility index (Phi) is 20.4. The summed E-state index contributed by atoms with van der Waals surface area (Å²) < 4.78 is 76.6. The van der Waals surface area contributed by atoms with Gasteiger partial charge in [0, 0.05) is 54.6 Å². The number of methoxy groups -OCH3 is 1. The van der Waals surface area contributed by atoms with E-state index in [4.69, 9.17) is 61.6 Å². The quantitative estimate of drug-likeness (QED) is 0.0689. The molecule has 0 aliphatic carbocycles. The number of fused-ring (bicyclic) bond motifs is 2. The number of esters is 7. The molecule has 0 spiro atoms. The van der Waals surface area contributed by atoms with Crippen molar-refractivity contribution in [2.75, 3.05) is 33.5 Å². The maximum atomic E-state index is 14.5. The topological polar surface area (TPSA) is 355 Å². The van der Waals surface area contributed by atoms with Crippen LogP contribution in [0.4, 0.5) is 0 Å². The number of hydrogen-bond donors (Lipinski definition) is 2. The molecular weight excluding hydrogens is 1080 g/mol. The number of unbranched alkanes of at least 4 members (excludes halogenated alkanes) is 2. The molecule has 3 fully saturated rings. The molecule has 2 N–H and O–H groups in total. The summed E-state index contributed by atoms with van der Waals surface area (Å²) in [5, 5.41) is 23.9. The highest BCUT2D eigenvalue weighted by atomic mass is 16.8. The molecule has 5 heterocycles. The number of ether oxygens (including phenoxy) is 13. The average molecular weight is 1140 g/mol. The van der Waals surface area contributed by atoms with E-state index in [0.717, 1.165) is 41.5 Å². The molecule has 3 saturated heterocycles. The minimum atomic E-state index is -2.18. The zero-order valence-electron chi connectivity index (χ0n) is 45.0. The number of carbonyl (C=O) groups is 11. The first-order chi connectivity index (χ1) is 38.6. The van der Waals surface area contributed by atoms with E-state index in [1.807, 2.05) is 0 Å². The van der Waals surface area contributed by atoms with Crippen molar-refractivity contribution < 1.29 is 125 Å². The minimum Gasteiger partial charge on any atom is -0.469 e. The van der Waals surface area contributed by atoms with Crippen molar-refractivity contribution in [1.29, 1.82) is 0 Å². The van der Waals surface area contributed by atoms with Gasteiger partial charge in [0.25, 0.3) is 23.6 Å². The summed E-state index contributed by atoms with van der Waals surface area (Å²) in [5.41, 5.74) is -0.520. The molecule has 0 bridgehead atoms. The second-order valence-corrected chi connectivity index (χ2v) is 19.2. The summed E-state index contributed by atoms with van der Waals surface area (Å²) in [6, 6.07) is 7.20. The predicted octanol–water partition coefficient (Wildman–Crippen LogP) is 0.217. The maximum Gasteiger partial charge on any atom is 0.305 e. The van der Waals surface area contributed by atoms with Crippen LogP contribution in [0.3, 0.4) is 0 Å². The van der Waals surface area contributed by atoms with Gasteiger partial charge in [0.15, 0.2) is 43.3 Å². The Bertz CT molecular complexity index is 2660. The molecule has 5 aliphatic rings. The van der Waals surface area contributed by atoms with Crippen LogP contribution in [0, 0.1) is 0 Å². The van der Waals surface area contributed by atoms with E-state index in [9.17, 15) is 63.0 Å². The summed E-state index contributed by atoms with van der Waals surface area (Å²) in [6.07, 6.45) is -23.7. The van der Waals surface area contributed by atoms with Gasteiger partial charge in [-0.1, -0.05) is 30.7 Å². The van der Waals surface area contributed by atoms with E-state index in [1.54, 1.807) is 0 Å². The molecule has 0 aromatic heterocycles. The third-order valence-corrected chi connectivity index (χ3v) is 13.5. The molecule has 0 saturated carbocycles. The highest BCUT2D eigenvalue weighted by Crippen LogP contribution is 2.41. The van der Waals surface area contributed by atoms with Crippen LogP contribution < -0.4 is 0 Å². The van der Waals surface area contributed by atoms with Crippen molar-refractivity contribution in [2.24, 2.45) is 0 Å². The second-order valence-electron chi connectivity index (χ2n) is 19.2. The lowest BCUT2D eigenvalue weighted by molar-refractivity contribution is -0.378. The maximum absolute atomic E-state index is 14.5. The number of hydrogen-bond acceptors (Lipinski definition) is 26. The highest BCUT2D eigenvalue weighted by molar-refractivity contribution is 6.22. The molecule has 28 heteroatoms. The first-order valence-corrected chi connectivity index (χ1v) is 25.7. The molecule has 28 nitrogen and oxygen atoms in total. The molecular formula is C53H62N2O26. The number of rotatable bonds is 22. The molecule has 5 aliphatic heterocycles. The Labute approximate surface area is 462 Å². The largest absolute Gasteiger partial charge is 0.469 e. The van der Waals surface area contributed by atoms with Gasteiger partial charge in [0.1, 0.15) is 61.9 Å². The first-order valence-electron chi connectivity index (χ1n) is 25.7. The smallest absolute Gasteiger partial charge is 0.305 e. The molecule has 7 rings (SSSR count). The van der Waals surface area contributed by atoms with Gasteiger partial charge in [-0.25, -0.2) is 0 Å². The predicted molar refractivity (Wildman–Crippen MR) is 262 cm³/mol. The Balaban J connectivity index is 1.39. The van der Waals surface area contributed by atoms with Gasteiger partial charge in [-0.15, -0.1) is 0 Å². The number of aliphatic hydroxyl groups excluding tert-OH is 2. The fraction of sp³-hybridized carbons (Fsp3) is 0.566. The minimum absolute atomic E-state index is 0.0773. The van der Waals surface area contributed by atoms with Gasteiger partial charge >= 0.3 is 41.8 Å². The Hall–Kier alpha value is -7.31. The number of nitrogens with zero attached hydrogens (tertiary/aromatic N) is 2. The molecule has 2 aromatic rings. The zero-order chi connectivity index (χ0) is 59.0. The molecule has 0 radical (unpaired) electrons. The Morgan fingerprint density at radius 3 is 1.25 bits per heavy atom. The van der Waals surface area contributed by atoms with Gasteiger partial charge in [0.05, 0.1) is 36.0 Å². The molecule has 81 heavy (non-hydrogen) atoms. The number of imide groups is 2. The third kappa shape index (κ3) is 13.9. The second kappa shape index (κ2) is 27.0. The lowest BCUT2D eigenvalue weighted by Gasteiger charge is -2.52. The van der Waals surface area contributed by atoms with E-state index in [1.165, 1.54) is 55.6 Å². The normalized spacial score (nSPS) is 29.7. The average Bonchev–Trinajstić information content (AvgIpc) is 2.99. The summed E-state index contributed by atoms with van der Waals surface area (Å²) in [7, 11) is 1.24. The van der Waals surface area contributed by atoms with Gasteiger partial charge < -0.3 is 71.8 Å². The van der Waals surface area contributed by atoms with Crippen LogP contribution in [0.1, 0.15) is 109 Å². The molecule has 15 atom stereocenters. The monoisotopic (exact) mass is 1140 g/mol. The molecule has 0 unspecified atom stereocenters. The Morgan fingerprint density at radius 1 is 0.494 bits per heavy atom. The molecule has 2 aromatic carbocycles. The highest BCUT2D eigenvalue weighted by Gasteiger charge is 2.62. The van der Waals surface area contributed by atoms with Crippen LogP contribution in [0.25, 0.3) is 0 Å².